The second kappa shape index (κ2) is 7.70. The first kappa shape index (κ1) is 16.9. The van der Waals surface area contributed by atoms with Gasteiger partial charge in [0.1, 0.15) is 5.75 Å². The highest BCUT2D eigenvalue weighted by atomic mass is 35.5. The van der Waals surface area contributed by atoms with Crippen LogP contribution >= 0.6 is 22.9 Å². The van der Waals surface area contributed by atoms with Gasteiger partial charge in [-0.15, -0.1) is 11.3 Å². The fourth-order valence-electron chi connectivity index (χ4n) is 1.55. The van der Waals surface area contributed by atoms with Crippen molar-refractivity contribution < 1.29 is 14.5 Å². The third kappa shape index (κ3) is 5.04. The Hall–Kier alpha value is -2.45. The van der Waals surface area contributed by atoms with Gasteiger partial charge in [0, 0.05) is 11.1 Å². The highest BCUT2D eigenvalue weighted by Gasteiger charge is 2.14. The van der Waals surface area contributed by atoms with E-state index in [0.29, 0.717) is 15.6 Å². The van der Waals surface area contributed by atoms with Crippen molar-refractivity contribution in [3.63, 3.8) is 0 Å². The van der Waals surface area contributed by atoms with Gasteiger partial charge in [-0.2, -0.15) is 5.10 Å². The van der Waals surface area contributed by atoms with Gasteiger partial charge < -0.3 is 4.74 Å². The molecule has 9 heteroatoms. The zero-order chi connectivity index (χ0) is 16.8. The van der Waals surface area contributed by atoms with Crippen molar-refractivity contribution in [1.29, 1.82) is 0 Å². The molecule has 1 atom stereocenters. The molecule has 1 heterocycles. The normalized spacial score (nSPS) is 12.1. The lowest BCUT2D eigenvalue weighted by molar-refractivity contribution is -0.384. The fraction of sp³-hybridized carbons (Fsp3) is 0.143. The summed E-state index contributed by atoms with van der Waals surface area (Å²) in [5, 5.41) is 16.2. The van der Waals surface area contributed by atoms with Crippen molar-refractivity contribution in [3.8, 4) is 5.75 Å². The summed E-state index contributed by atoms with van der Waals surface area (Å²) in [5.41, 5.74) is 2.30. The number of hydrazone groups is 1. The van der Waals surface area contributed by atoms with E-state index in [1.165, 1.54) is 17.7 Å². The van der Waals surface area contributed by atoms with Gasteiger partial charge in [0.2, 0.25) is 0 Å². The Morgan fingerprint density at radius 1 is 1.52 bits per heavy atom. The first-order valence-electron chi connectivity index (χ1n) is 6.44. The van der Waals surface area contributed by atoms with E-state index in [-0.39, 0.29) is 5.69 Å². The number of ether oxygens (including phenoxy) is 1. The van der Waals surface area contributed by atoms with Gasteiger partial charge in [-0.3, -0.25) is 14.9 Å². The Morgan fingerprint density at radius 2 is 2.30 bits per heavy atom. The van der Waals surface area contributed by atoms with E-state index in [1.807, 2.05) is 0 Å². The summed E-state index contributed by atoms with van der Waals surface area (Å²) < 4.78 is 5.44. The number of nitro groups is 1. The summed E-state index contributed by atoms with van der Waals surface area (Å²) in [5.74, 6) is 0.0188. The number of benzene rings is 1. The number of amides is 1. The van der Waals surface area contributed by atoms with Crippen molar-refractivity contribution in [1.82, 2.24) is 5.43 Å². The fourth-order valence-corrected chi connectivity index (χ4v) is 2.45. The first-order valence-corrected chi connectivity index (χ1v) is 7.69. The number of nitrogens with zero attached hydrogens (tertiary/aromatic N) is 2. The predicted octanol–water partition coefficient (Wildman–Crippen LogP) is 3.23. The lowest BCUT2D eigenvalue weighted by atomic mass is 10.3. The Balaban J connectivity index is 1.88. The molecule has 0 fully saturated rings. The minimum absolute atomic E-state index is 0.0135. The van der Waals surface area contributed by atoms with Crippen LogP contribution in [0.4, 0.5) is 5.69 Å². The molecule has 1 aromatic carbocycles. The highest BCUT2D eigenvalue weighted by Crippen LogP contribution is 2.20. The summed E-state index contributed by atoms with van der Waals surface area (Å²) in [6.45, 7) is 1.57. The molecule has 0 aliphatic rings. The van der Waals surface area contributed by atoms with Gasteiger partial charge in [-0.05, 0) is 25.1 Å². The van der Waals surface area contributed by atoms with Crippen molar-refractivity contribution in [2.24, 2.45) is 5.10 Å². The van der Waals surface area contributed by atoms with Crippen LogP contribution < -0.4 is 10.2 Å². The molecule has 0 saturated carbocycles. The average Bonchev–Trinajstić information content (AvgIpc) is 2.96. The van der Waals surface area contributed by atoms with Crippen LogP contribution in [0.1, 0.15) is 11.8 Å². The Labute approximate surface area is 140 Å². The molecule has 1 unspecified atom stereocenters. The van der Waals surface area contributed by atoms with Crippen LogP contribution in [0.15, 0.2) is 40.8 Å². The Morgan fingerprint density at radius 3 is 2.96 bits per heavy atom. The standard InChI is InChI=1S/C14H12ClN3O4S/c1-9(22-12-4-2-3-10(15)5-12)14(19)17-16-7-13-6-11(8-23-13)18(20)21/h2-9H,1H3,(H,17,19). The van der Waals surface area contributed by atoms with E-state index in [0.717, 1.165) is 11.3 Å². The number of hydrogen-bond acceptors (Lipinski definition) is 6. The lowest BCUT2D eigenvalue weighted by Crippen LogP contribution is -2.33. The number of carbonyl (C=O) groups excluding carboxylic acids is 1. The molecule has 1 N–H and O–H groups in total. The van der Waals surface area contributed by atoms with E-state index < -0.39 is 16.9 Å². The van der Waals surface area contributed by atoms with Gasteiger partial charge in [0.15, 0.2) is 6.10 Å². The lowest BCUT2D eigenvalue weighted by Gasteiger charge is -2.12. The molecule has 0 bridgehead atoms. The average molecular weight is 354 g/mol. The molecular weight excluding hydrogens is 342 g/mol. The zero-order valence-electron chi connectivity index (χ0n) is 11.9. The Kier molecular flexibility index (Phi) is 5.67. The molecule has 2 aromatic rings. The summed E-state index contributed by atoms with van der Waals surface area (Å²) in [6, 6.07) is 8.06. The van der Waals surface area contributed by atoms with Crippen LogP contribution in [0.2, 0.25) is 5.02 Å². The number of carbonyl (C=O) groups is 1. The molecule has 1 aromatic heterocycles. The van der Waals surface area contributed by atoms with Crippen LogP contribution in [-0.4, -0.2) is 23.1 Å². The molecule has 0 radical (unpaired) electrons. The third-order valence-electron chi connectivity index (χ3n) is 2.66. The van der Waals surface area contributed by atoms with Gasteiger partial charge in [0.25, 0.3) is 11.6 Å². The molecular formula is C14H12ClN3O4S. The molecule has 0 aliphatic carbocycles. The number of rotatable bonds is 6. The molecule has 0 spiro atoms. The minimum Gasteiger partial charge on any atom is -0.481 e. The molecule has 23 heavy (non-hydrogen) atoms. The van der Waals surface area contributed by atoms with Crippen LogP contribution in [0.3, 0.4) is 0 Å². The van der Waals surface area contributed by atoms with E-state index in [1.54, 1.807) is 31.2 Å². The van der Waals surface area contributed by atoms with Gasteiger partial charge in [0.05, 0.1) is 21.4 Å². The number of thiophene rings is 1. The maximum Gasteiger partial charge on any atom is 0.280 e. The minimum atomic E-state index is -0.775. The summed E-state index contributed by atoms with van der Waals surface area (Å²) in [7, 11) is 0. The van der Waals surface area contributed by atoms with Crippen molar-refractivity contribution in [3.05, 3.63) is 55.7 Å². The molecule has 0 saturated heterocycles. The van der Waals surface area contributed by atoms with Crippen LogP contribution in [-0.2, 0) is 4.79 Å². The monoisotopic (exact) mass is 353 g/mol. The number of hydrogen-bond donors (Lipinski definition) is 1. The first-order chi connectivity index (χ1) is 11.0. The van der Waals surface area contributed by atoms with Crippen LogP contribution in [0.5, 0.6) is 5.75 Å². The molecule has 0 aliphatic heterocycles. The number of nitrogens with one attached hydrogen (secondary N) is 1. The predicted molar refractivity (Wildman–Crippen MR) is 88.3 cm³/mol. The van der Waals surface area contributed by atoms with E-state index in [4.69, 9.17) is 16.3 Å². The van der Waals surface area contributed by atoms with Crippen molar-refractivity contribution in [2.75, 3.05) is 0 Å². The van der Waals surface area contributed by atoms with Gasteiger partial charge in [-0.25, -0.2) is 5.43 Å². The Bertz CT molecular complexity index is 747. The van der Waals surface area contributed by atoms with Crippen molar-refractivity contribution >= 4 is 40.7 Å². The molecule has 7 nitrogen and oxygen atoms in total. The van der Waals surface area contributed by atoms with Gasteiger partial charge >= 0.3 is 0 Å². The summed E-state index contributed by atoms with van der Waals surface area (Å²) in [6.07, 6.45) is 0.560. The largest absolute Gasteiger partial charge is 0.481 e. The maximum atomic E-state index is 11.8. The second-order valence-electron chi connectivity index (χ2n) is 4.42. The van der Waals surface area contributed by atoms with Crippen LogP contribution in [0.25, 0.3) is 0 Å². The topological polar surface area (TPSA) is 93.8 Å². The summed E-state index contributed by atoms with van der Waals surface area (Å²) >= 11 is 6.99. The second-order valence-corrected chi connectivity index (χ2v) is 5.80. The third-order valence-corrected chi connectivity index (χ3v) is 3.75. The van der Waals surface area contributed by atoms with E-state index in [9.17, 15) is 14.9 Å². The smallest absolute Gasteiger partial charge is 0.280 e. The zero-order valence-corrected chi connectivity index (χ0v) is 13.5. The molecule has 120 valence electrons. The van der Waals surface area contributed by atoms with Crippen LogP contribution in [0, 0.1) is 10.1 Å². The molecule has 1 amide bonds. The van der Waals surface area contributed by atoms with Gasteiger partial charge in [-0.1, -0.05) is 17.7 Å². The highest BCUT2D eigenvalue weighted by molar-refractivity contribution is 7.12. The SMILES string of the molecule is CC(Oc1cccc(Cl)c1)C(=O)NN=Cc1cc([N+](=O)[O-])cs1. The summed E-state index contributed by atoms with van der Waals surface area (Å²) in [4.78, 5) is 22.5. The maximum absolute atomic E-state index is 11.8. The number of halogens is 1. The van der Waals surface area contributed by atoms with Crippen molar-refractivity contribution in [2.45, 2.75) is 13.0 Å². The quantitative estimate of drug-likeness (QED) is 0.490. The molecule has 2 rings (SSSR count). The van der Waals surface area contributed by atoms with E-state index in [2.05, 4.69) is 10.5 Å². The van der Waals surface area contributed by atoms with E-state index >= 15 is 0 Å².